The van der Waals surface area contributed by atoms with Gasteiger partial charge in [0.25, 0.3) is 12.3 Å². The maximum atomic E-state index is 13.9. The summed E-state index contributed by atoms with van der Waals surface area (Å²) in [6.07, 6.45) is -5.78. The zero-order valence-corrected chi connectivity index (χ0v) is 20.6. The first kappa shape index (κ1) is 27.0. The number of aromatic nitrogens is 3. The Morgan fingerprint density at radius 3 is 2.50 bits per heavy atom. The van der Waals surface area contributed by atoms with E-state index in [1.807, 2.05) is 0 Å². The normalized spacial score (nSPS) is 12.2. The molecule has 2 heterocycles. The fraction of sp³-hybridized carbons (Fsp3) is 0.208. The van der Waals surface area contributed by atoms with Crippen molar-refractivity contribution in [3.63, 3.8) is 0 Å². The first-order valence-corrected chi connectivity index (χ1v) is 12.8. The van der Waals surface area contributed by atoms with Crippen LogP contribution in [-0.4, -0.2) is 41.8 Å². The second-order valence-corrected chi connectivity index (χ2v) is 10.1. The molecule has 0 saturated heterocycles. The molecule has 0 aliphatic carbocycles. The quantitative estimate of drug-likeness (QED) is 0.307. The standard InChI is InChI=1S/C24H19F5N4O4S/c1-3-37-20-9-13(7-8-17(20)24(27,28)29)18-11-19(21(25)26)33-22(32-18)16(12-30-33)23(34)31-14-5-4-6-15(10-14)38(2,35)36/h4-12,21H,3H2,1-2H3,(H,31,34). The van der Waals surface area contributed by atoms with Crippen LogP contribution in [0.1, 0.15) is 35.0 Å². The Labute approximate surface area is 213 Å². The molecular formula is C24H19F5N4O4S. The summed E-state index contributed by atoms with van der Waals surface area (Å²) in [5, 5.41) is 6.31. The van der Waals surface area contributed by atoms with Crippen molar-refractivity contribution in [1.29, 1.82) is 0 Å². The van der Waals surface area contributed by atoms with E-state index in [1.165, 1.54) is 31.2 Å². The fourth-order valence-electron chi connectivity index (χ4n) is 3.64. The molecule has 14 heteroatoms. The van der Waals surface area contributed by atoms with Crippen LogP contribution in [0.25, 0.3) is 16.9 Å². The maximum Gasteiger partial charge on any atom is 0.419 e. The van der Waals surface area contributed by atoms with E-state index in [2.05, 4.69) is 15.4 Å². The van der Waals surface area contributed by atoms with Crippen LogP contribution >= 0.6 is 0 Å². The lowest BCUT2D eigenvalue weighted by molar-refractivity contribution is -0.138. The number of sulfone groups is 1. The van der Waals surface area contributed by atoms with Crippen LogP contribution in [0.4, 0.5) is 27.6 Å². The van der Waals surface area contributed by atoms with Crippen LogP contribution in [0.3, 0.4) is 0 Å². The number of anilines is 1. The number of ether oxygens (including phenoxy) is 1. The van der Waals surface area contributed by atoms with E-state index in [1.54, 1.807) is 0 Å². The van der Waals surface area contributed by atoms with Crippen molar-refractivity contribution in [3.8, 4) is 17.0 Å². The van der Waals surface area contributed by atoms with Gasteiger partial charge in [-0.25, -0.2) is 26.7 Å². The summed E-state index contributed by atoms with van der Waals surface area (Å²) in [7, 11) is -3.57. The van der Waals surface area contributed by atoms with Gasteiger partial charge in [0.2, 0.25) is 0 Å². The lowest BCUT2D eigenvalue weighted by Crippen LogP contribution is -2.13. The number of carbonyl (C=O) groups excluding carboxylic acids is 1. The third-order valence-electron chi connectivity index (χ3n) is 5.37. The highest BCUT2D eigenvalue weighted by Gasteiger charge is 2.34. The third kappa shape index (κ3) is 5.44. The molecule has 0 radical (unpaired) electrons. The van der Waals surface area contributed by atoms with Crippen molar-refractivity contribution in [1.82, 2.24) is 14.6 Å². The third-order valence-corrected chi connectivity index (χ3v) is 6.48. The number of amides is 1. The second kappa shape index (κ2) is 10.0. The maximum absolute atomic E-state index is 13.9. The number of hydrogen-bond donors (Lipinski definition) is 1. The van der Waals surface area contributed by atoms with Crippen molar-refractivity contribution < 1.29 is 39.9 Å². The van der Waals surface area contributed by atoms with Gasteiger partial charge in [0.1, 0.15) is 17.0 Å². The second-order valence-electron chi connectivity index (χ2n) is 8.06. The molecule has 200 valence electrons. The number of nitrogens with zero attached hydrogens (tertiary/aromatic N) is 3. The minimum atomic E-state index is -4.71. The van der Waals surface area contributed by atoms with Crippen LogP contribution in [0, 0.1) is 0 Å². The largest absolute Gasteiger partial charge is 0.493 e. The summed E-state index contributed by atoms with van der Waals surface area (Å²) < 4.78 is 97.4. The Hall–Kier alpha value is -4.07. The van der Waals surface area contributed by atoms with Crippen molar-refractivity contribution in [2.75, 3.05) is 18.2 Å². The Kier molecular flexibility index (Phi) is 7.10. The molecule has 0 unspecified atom stereocenters. The van der Waals surface area contributed by atoms with Crippen LogP contribution in [0.15, 0.2) is 59.6 Å². The van der Waals surface area contributed by atoms with E-state index in [9.17, 15) is 35.2 Å². The van der Waals surface area contributed by atoms with Crippen molar-refractivity contribution >= 4 is 27.1 Å². The Balaban J connectivity index is 1.81. The van der Waals surface area contributed by atoms with Gasteiger partial charge in [-0.15, -0.1) is 0 Å². The molecule has 1 amide bonds. The molecule has 0 atom stereocenters. The van der Waals surface area contributed by atoms with Crippen LogP contribution in [-0.2, 0) is 16.0 Å². The van der Waals surface area contributed by atoms with Crippen molar-refractivity contribution in [2.45, 2.75) is 24.4 Å². The Bertz CT molecular complexity index is 1630. The number of nitrogens with one attached hydrogen (secondary N) is 1. The van der Waals surface area contributed by atoms with Crippen molar-refractivity contribution in [2.24, 2.45) is 0 Å². The summed E-state index contributed by atoms with van der Waals surface area (Å²) in [4.78, 5) is 17.2. The molecule has 0 spiro atoms. The number of benzene rings is 2. The molecule has 0 aliphatic heterocycles. The molecule has 38 heavy (non-hydrogen) atoms. The molecule has 2 aromatic heterocycles. The van der Waals surface area contributed by atoms with Gasteiger partial charge in [-0.05, 0) is 43.3 Å². The van der Waals surface area contributed by atoms with Crippen LogP contribution in [0.5, 0.6) is 5.75 Å². The van der Waals surface area contributed by atoms with Gasteiger partial charge in [0.15, 0.2) is 15.5 Å². The van der Waals surface area contributed by atoms with E-state index in [0.717, 1.165) is 41.2 Å². The van der Waals surface area contributed by atoms with Gasteiger partial charge in [0.05, 0.1) is 29.0 Å². The SMILES string of the molecule is CCOc1cc(-c2cc(C(F)F)n3ncc(C(=O)Nc4cccc(S(C)(=O)=O)c4)c3n2)ccc1C(F)(F)F. The molecule has 0 aliphatic rings. The van der Waals surface area contributed by atoms with E-state index < -0.39 is 45.4 Å². The Morgan fingerprint density at radius 2 is 1.87 bits per heavy atom. The van der Waals surface area contributed by atoms with E-state index in [4.69, 9.17) is 4.74 Å². The first-order chi connectivity index (χ1) is 17.8. The molecule has 0 saturated carbocycles. The zero-order valence-electron chi connectivity index (χ0n) is 19.8. The van der Waals surface area contributed by atoms with Crippen molar-refractivity contribution in [3.05, 3.63) is 71.5 Å². The number of rotatable bonds is 7. The van der Waals surface area contributed by atoms with E-state index >= 15 is 0 Å². The average molecular weight is 554 g/mol. The van der Waals surface area contributed by atoms with E-state index in [-0.39, 0.29) is 39.7 Å². The molecule has 4 aromatic rings. The van der Waals surface area contributed by atoms with E-state index in [0.29, 0.717) is 0 Å². The lowest BCUT2D eigenvalue weighted by Gasteiger charge is -2.15. The highest BCUT2D eigenvalue weighted by atomic mass is 32.2. The average Bonchev–Trinajstić information content (AvgIpc) is 3.26. The number of halogens is 5. The fourth-order valence-corrected chi connectivity index (χ4v) is 4.31. The summed E-state index contributed by atoms with van der Waals surface area (Å²) in [5.41, 5.74) is -2.19. The number of alkyl halides is 5. The summed E-state index contributed by atoms with van der Waals surface area (Å²) >= 11 is 0. The lowest BCUT2D eigenvalue weighted by atomic mass is 10.1. The van der Waals surface area contributed by atoms with Gasteiger partial charge < -0.3 is 10.1 Å². The van der Waals surface area contributed by atoms with Gasteiger partial charge in [0, 0.05) is 17.5 Å². The smallest absolute Gasteiger partial charge is 0.419 e. The predicted molar refractivity (Wildman–Crippen MR) is 127 cm³/mol. The minimum absolute atomic E-state index is 0.0410. The van der Waals surface area contributed by atoms with Gasteiger partial charge in [-0.2, -0.15) is 18.3 Å². The highest BCUT2D eigenvalue weighted by Crippen LogP contribution is 2.39. The molecular weight excluding hydrogens is 535 g/mol. The molecule has 1 N–H and O–H groups in total. The van der Waals surface area contributed by atoms with Gasteiger partial charge in [-0.3, -0.25) is 4.79 Å². The molecule has 2 aromatic carbocycles. The van der Waals surface area contributed by atoms with Gasteiger partial charge in [-0.1, -0.05) is 12.1 Å². The van der Waals surface area contributed by atoms with Crippen LogP contribution in [0.2, 0.25) is 0 Å². The zero-order chi connectivity index (χ0) is 27.8. The summed E-state index contributed by atoms with van der Waals surface area (Å²) in [6.45, 7) is 1.42. The predicted octanol–water partition coefficient (Wildman–Crippen LogP) is 5.41. The minimum Gasteiger partial charge on any atom is -0.493 e. The summed E-state index contributed by atoms with van der Waals surface area (Å²) in [6, 6.07) is 9.21. The summed E-state index contributed by atoms with van der Waals surface area (Å²) in [5.74, 6) is -1.33. The molecule has 4 rings (SSSR count). The number of hydrogen-bond acceptors (Lipinski definition) is 6. The molecule has 0 fully saturated rings. The van der Waals surface area contributed by atoms with Gasteiger partial charge >= 0.3 is 6.18 Å². The monoisotopic (exact) mass is 554 g/mol. The Morgan fingerprint density at radius 1 is 1.13 bits per heavy atom. The first-order valence-electron chi connectivity index (χ1n) is 10.9. The number of carbonyl (C=O) groups is 1. The number of fused-ring (bicyclic) bond motifs is 1. The van der Waals surface area contributed by atoms with Crippen LogP contribution < -0.4 is 10.1 Å². The molecule has 8 nitrogen and oxygen atoms in total. The highest BCUT2D eigenvalue weighted by molar-refractivity contribution is 7.90. The topological polar surface area (TPSA) is 103 Å². The molecule has 0 bridgehead atoms.